The average Bonchev–Trinajstić information content (AvgIpc) is 3.18. The molecule has 3 heterocycles. The molecule has 9 heteroatoms. The van der Waals surface area contributed by atoms with Gasteiger partial charge in [0.1, 0.15) is 18.1 Å². The molecule has 5 rings (SSSR count). The van der Waals surface area contributed by atoms with Crippen molar-refractivity contribution in [3.05, 3.63) is 53.7 Å². The van der Waals surface area contributed by atoms with Crippen LogP contribution < -0.4 is 14.8 Å². The Morgan fingerprint density at radius 3 is 2.88 bits per heavy atom. The summed E-state index contributed by atoms with van der Waals surface area (Å²) >= 11 is 0. The lowest BCUT2D eigenvalue weighted by Gasteiger charge is -2.26. The number of benzene rings is 2. The minimum Gasteiger partial charge on any atom is -0.493 e. The highest BCUT2D eigenvalue weighted by Crippen LogP contribution is 2.41. The first kappa shape index (κ1) is 21.5. The maximum absolute atomic E-state index is 14.2. The van der Waals surface area contributed by atoms with Gasteiger partial charge in [0.15, 0.2) is 11.5 Å². The van der Waals surface area contributed by atoms with Crippen LogP contribution in [-0.4, -0.2) is 67.3 Å². The molecule has 1 amide bonds. The van der Waals surface area contributed by atoms with E-state index in [9.17, 15) is 9.18 Å². The molecule has 1 saturated heterocycles. The molecule has 1 atom stereocenters. The van der Waals surface area contributed by atoms with Gasteiger partial charge in [0.05, 0.1) is 43.8 Å². The Labute approximate surface area is 190 Å². The molecule has 2 aliphatic heterocycles. The van der Waals surface area contributed by atoms with E-state index < -0.39 is 11.7 Å². The first-order valence-corrected chi connectivity index (χ1v) is 11.0. The summed E-state index contributed by atoms with van der Waals surface area (Å²) < 4.78 is 31.2. The lowest BCUT2D eigenvalue weighted by molar-refractivity contribution is -0.116. The van der Waals surface area contributed by atoms with Crippen LogP contribution in [0.25, 0.3) is 10.9 Å². The van der Waals surface area contributed by atoms with E-state index in [1.54, 1.807) is 31.4 Å². The van der Waals surface area contributed by atoms with Crippen LogP contribution in [0.15, 0.2) is 36.7 Å². The van der Waals surface area contributed by atoms with Gasteiger partial charge in [-0.05, 0) is 24.1 Å². The molecule has 1 unspecified atom stereocenters. The predicted molar refractivity (Wildman–Crippen MR) is 120 cm³/mol. The van der Waals surface area contributed by atoms with Gasteiger partial charge in [-0.15, -0.1) is 0 Å². The van der Waals surface area contributed by atoms with E-state index in [-0.39, 0.29) is 11.6 Å². The largest absolute Gasteiger partial charge is 0.493 e. The van der Waals surface area contributed by atoms with E-state index in [4.69, 9.17) is 14.2 Å². The number of nitrogens with one attached hydrogen (secondary N) is 1. The molecular formula is C24H25FN4O4. The summed E-state index contributed by atoms with van der Waals surface area (Å²) in [5, 5.41) is 3.30. The van der Waals surface area contributed by atoms with E-state index in [0.717, 1.165) is 39.3 Å². The fourth-order valence-electron chi connectivity index (χ4n) is 4.40. The van der Waals surface area contributed by atoms with Gasteiger partial charge in [0, 0.05) is 31.1 Å². The second-order valence-corrected chi connectivity index (χ2v) is 8.06. The molecule has 3 aromatic rings. The maximum atomic E-state index is 14.2. The Balaban J connectivity index is 1.40. The number of amides is 1. The van der Waals surface area contributed by atoms with Crippen molar-refractivity contribution >= 4 is 22.5 Å². The summed E-state index contributed by atoms with van der Waals surface area (Å²) in [6, 6.07) is 8.23. The minimum atomic E-state index is -0.730. The Kier molecular flexibility index (Phi) is 6.06. The van der Waals surface area contributed by atoms with Crippen molar-refractivity contribution in [2.75, 3.05) is 51.9 Å². The lowest BCUT2D eigenvalue weighted by Crippen LogP contribution is -2.37. The van der Waals surface area contributed by atoms with Crippen molar-refractivity contribution in [3.8, 4) is 11.5 Å². The molecule has 2 aromatic carbocycles. The summed E-state index contributed by atoms with van der Waals surface area (Å²) in [6.07, 6.45) is 2.29. The van der Waals surface area contributed by atoms with Gasteiger partial charge in [-0.2, -0.15) is 0 Å². The van der Waals surface area contributed by atoms with Crippen LogP contribution >= 0.6 is 0 Å². The molecule has 0 saturated carbocycles. The standard InChI is InChI=1S/C24H25FN4O4/c1-31-19-12-16-18(13-20(19)33-9-3-6-29-7-10-32-11-8-29)26-14-27-23(16)21-15-4-2-5-17(25)22(15)28-24(21)30/h2,4-5,12-14,21H,3,6-11H2,1H3,(H,28,30). The topological polar surface area (TPSA) is 85.8 Å². The third-order valence-electron chi connectivity index (χ3n) is 6.07. The second-order valence-electron chi connectivity index (χ2n) is 8.06. The summed E-state index contributed by atoms with van der Waals surface area (Å²) in [4.78, 5) is 23.9. The zero-order valence-electron chi connectivity index (χ0n) is 18.3. The van der Waals surface area contributed by atoms with Gasteiger partial charge >= 0.3 is 0 Å². The summed E-state index contributed by atoms with van der Waals surface area (Å²) in [5.74, 6) is -0.405. The fourth-order valence-corrected chi connectivity index (χ4v) is 4.40. The third-order valence-corrected chi connectivity index (χ3v) is 6.07. The summed E-state index contributed by atoms with van der Waals surface area (Å²) in [7, 11) is 1.57. The predicted octanol–water partition coefficient (Wildman–Crippen LogP) is 2.96. The minimum absolute atomic E-state index is 0.200. The molecule has 1 N–H and O–H groups in total. The van der Waals surface area contributed by atoms with Gasteiger partial charge in [0.25, 0.3) is 0 Å². The first-order valence-electron chi connectivity index (χ1n) is 11.0. The zero-order chi connectivity index (χ0) is 22.8. The number of halogens is 1. The van der Waals surface area contributed by atoms with Crippen molar-refractivity contribution in [1.29, 1.82) is 0 Å². The zero-order valence-corrected chi connectivity index (χ0v) is 18.3. The SMILES string of the molecule is COc1cc2c(C3C(=O)Nc4c(F)cccc43)ncnc2cc1OCCCN1CCOCC1. The molecule has 0 bridgehead atoms. The highest BCUT2D eigenvalue weighted by molar-refractivity contribution is 6.07. The Morgan fingerprint density at radius 1 is 1.21 bits per heavy atom. The van der Waals surface area contributed by atoms with Crippen molar-refractivity contribution < 1.29 is 23.4 Å². The van der Waals surface area contributed by atoms with Crippen molar-refractivity contribution in [1.82, 2.24) is 14.9 Å². The molecule has 0 radical (unpaired) electrons. The number of anilines is 1. The number of methoxy groups -OCH3 is 1. The van der Waals surface area contributed by atoms with Crippen LogP contribution in [0.2, 0.25) is 0 Å². The van der Waals surface area contributed by atoms with Gasteiger partial charge in [-0.1, -0.05) is 12.1 Å². The number of ether oxygens (including phenoxy) is 3. The van der Waals surface area contributed by atoms with Gasteiger partial charge in [-0.3, -0.25) is 9.69 Å². The number of morpholine rings is 1. The molecule has 33 heavy (non-hydrogen) atoms. The molecule has 0 spiro atoms. The van der Waals surface area contributed by atoms with Crippen molar-refractivity contribution in [2.45, 2.75) is 12.3 Å². The van der Waals surface area contributed by atoms with Crippen molar-refractivity contribution in [3.63, 3.8) is 0 Å². The van der Waals surface area contributed by atoms with Crippen LogP contribution in [0.3, 0.4) is 0 Å². The van der Waals surface area contributed by atoms with E-state index in [1.807, 2.05) is 0 Å². The molecule has 8 nitrogen and oxygen atoms in total. The molecule has 2 aliphatic rings. The maximum Gasteiger partial charge on any atom is 0.238 e. The molecule has 0 aliphatic carbocycles. The highest BCUT2D eigenvalue weighted by atomic mass is 19.1. The number of fused-ring (bicyclic) bond motifs is 2. The smallest absolute Gasteiger partial charge is 0.238 e. The lowest BCUT2D eigenvalue weighted by atomic mass is 9.94. The Morgan fingerprint density at radius 2 is 2.06 bits per heavy atom. The molecule has 1 aromatic heterocycles. The number of para-hydroxylation sites is 1. The number of carbonyl (C=O) groups excluding carboxylic acids is 1. The van der Waals surface area contributed by atoms with E-state index in [1.165, 1.54) is 12.4 Å². The van der Waals surface area contributed by atoms with Crippen LogP contribution in [-0.2, 0) is 9.53 Å². The summed E-state index contributed by atoms with van der Waals surface area (Å²) in [5.41, 5.74) is 1.88. The highest BCUT2D eigenvalue weighted by Gasteiger charge is 2.36. The molecular weight excluding hydrogens is 427 g/mol. The van der Waals surface area contributed by atoms with Crippen LogP contribution in [0, 0.1) is 5.82 Å². The number of aromatic nitrogens is 2. The second kappa shape index (κ2) is 9.29. The number of carbonyl (C=O) groups is 1. The van der Waals surface area contributed by atoms with E-state index in [0.29, 0.717) is 40.3 Å². The fraction of sp³-hybridized carbons (Fsp3) is 0.375. The first-order chi connectivity index (χ1) is 16.2. The number of hydrogen-bond donors (Lipinski definition) is 1. The number of rotatable bonds is 7. The van der Waals surface area contributed by atoms with Crippen LogP contribution in [0.1, 0.15) is 23.6 Å². The van der Waals surface area contributed by atoms with E-state index >= 15 is 0 Å². The third kappa shape index (κ3) is 4.21. The van der Waals surface area contributed by atoms with Gasteiger partial charge in [-0.25, -0.2) is 14.4 Å². The Bertz CT molecular complexity index is 1180. The quantitative estimate of drug-likeness (QED) is 0.552. The molecule has 172 valence electrons. The van der Waals surface area contributed by atoms with Gasteiger partial charge < -0.3 is 19.5 Å². The normalized spacial score (nSPS) is 18.2. The Hall–Kier alpha value is -3.30. The molecule has 1 fully saturated rings. The van der Waals surface area contributed by atoms with Crippen LogP contribution in [0.4, 0.5) is 10.1 Å². The average molecular weight is 452 g/mol. The number of nitrogens with zero attached hydrogens (tertiary/aromatic N) is 3. The van der Waals surface area contributed by atoms with Crippen molar-refractivity contribution in [2.24, 2.45) is 0 Å². The van der Waals surface area contributed by atoms with E-state index in [2.05, 4.69) is 20.2 Å². The monoisotopic (exact) mass is 452 g/mol. The summed E-state index contributed by atoms with van der Waals surface area (Å²) in [6.45, 7) is 4.92. The van der Waals surface area contributed by atoms with Gasteiger partial charge in [0.2, 0.25) is 5.91 Å². The van der Waals surface area contributed by atoms with Crippen LogP contribution in [0.5, 0.6) is 11.5 Å². The number of hydrogen-bond acceptors (Lipinski definition) is 7.